The van der Waals surface area contributed by atoms with Gasteiger partial charge in [-0.25, -0.2) is 4.39 Å². The van der Waals surface area contributed by atoms with Gasteiger partial charge in [0.2, 0.25) is 17.6 Å². The topological polar surface area (TPSA) is 88.3 Å². The fourth-order valence-corrected chi connectivity index (χ4v) is 4.25. The number of hydrogen-bond acceptors (Lipinski definition) is 6. The van der Waals surface area contributed by atoms with Crippen LogP contribution < -0.4 is 5.32 Å². The highest BCUT2D eigenvalue weighted by molar-refractivity contribution is 7.13. The van der Waals surface area contributed by atoms with Gasteiger partial charge in [0.1, 0.15) is 5.82 Å². The van der Waals surface area contributed by atoms with Crippen LogP contribution in [0.3, 0.4) is 0 Å². The highest BCUT2D eigenvalue weighted by atomic mass is 32.1. The van der Waals surface area contributed by atoms with Crippen LogP contribution in [0.2, 0.25) is 0 Å². The maximum absolute atomic E-state index is 13.4. The summed E-state index contributed by atoms with van der Waals surface area (Å²) in [5, 5.41) is 6.64. The molecule has 4 rings (SSSR count). The molecule has 3 aromatic rings. The molecule has 9 heteroatoms. The van der Waals surface area contributed by atoms with Crippen LogP contribution in [0, 0.1) is 12.7 Å². The predicted octanol–water partition coefficient (Wildman–Crippen LogP) is 3.38. The van der Waals surface area contributed by atoms with E-state index in [1.807, 2.05) is 13.0 Å². The summed E-state index contributed by atoms with van der Waals surface area (Å²) in [6, 6.07) is 9.64. The molecule has 0 bridgehead atoms. The molecule has 1 unspecified atom stereocenters. The third-order valence-corrected chi connectivity index (χ3v) is 6.01. The van der Waals surface area contributed by atoms with Crippen LogP contribution >= 0.6 is 11.3 Å². The van der Waals surface area contributed by atoms with E-state index in [1.165, 1.54) is 23.5 Å². The predicted molar refractivity (Wildman–Crippen MR) is 110 cm³/mol. The first-order valence-corrected chi connectivity index (χ1v) is 10.5. The Morgan fingerprint density at radius 1 is 1.33 bits per heavy atom. The van der Waals surface area contributed by atoms with Crippen molar-refractivity contribution in [2.24, 2.45) is 0 Å². The molecule has 2 aromatic heterocycles. The number of rotatable bonds is 5. The van der Waals surface area contributed by atoms with E-state index >= 15 is 0 Å². The third-order valence-electron chi connectivity index (χ3n) is 5.01. The minimum Gasteiger partial charge on any atom is -0.342 e. The first kappa shape index (κ1) is 20.2. The first-order chi connectivity index (χ1) is 14.5. The number of carbonyl (C=O) groups excluding carboxylic acids is 2. The zero-order valence-electron chi connectivity index (χ0n) is 16.4. The molecule has 1 fully saturated rings. The normalized spacial score (nSPS) is 16.5. The molecule has 3 heterocycles. The standard InChI is InChI=1S/C21H21FN4O3S/c1-13-7-8-17(30-13)20(28)23-11-18(27)26-9-3-5-15(12-26)21-24-19(25-29-21)14-4-2-6-16(22)10-14/h2,4,6-8,10,15H,3,5,9,11-12H2,1H3,(H,23,28). The van der Waals surface area contributed by atoms with Gasteiger partial charge >= 0.3 is 0 Å². The molecule has 1 aromatic carbocycles. The molecule has 0 saturated carbocycles. The number of aryl methyl sites for hydroxylation is 1. The molecule has 2 amide bonds. The molecular formula is C21H21FN4O3S. The summed E-state index contributed by atoms with van der Waals surface area (Å²) in [6.07, 6.45) is 1.61. The molecule has 7 nitrogen and oxygen atoms in total. The zero-order valence-corrected chi connectivity index (χ0v) is 17.2. The maximum atomic E-state index is 13.4. The summed E-state index contributed by atoms with van der Waals surface area (Å²) >= 11 is 1.39. The molecule has 1 atom stereocenters. The number of likely N-dealkylation sites (tertiary alicyclic amines) is 1. The Labute approximate surface area is 176 Å². The van der Waals surface area contributed by atoms with Gasteiger partial charge in [-0.15, -0.1) is 11.3 Å². The Hall–Kier alpha value is -3.07. The molecule has 1 saturated heterocycles. The van der Waals surface area contributed by atoms with Crippen LogP contribution in [0.5, 0.6) is 0 Å². The van der Waals surface area contributed by atoms with Gasteiger partial charge in [-0.3, -0.25) is 9.59 Å². The van der Waals surface area contributed by atoms with Crippen LogP contribution in [0.15, 0.2) is 40.9 Å². The summed E-state index contributed by atoms with van der Waals surface area (Å²) in [5.41, 5.74) is 0.542. The smallest absolute Gasteiger partial charge is 0.261 e. The number of halogens is 1. The van der Waals surface area contributed by atoms with Gasteiger partial charge in [0.05, 0.1) is 17.3 Å². The van der Waals surface area contributed by atoms with Crippen molar-refractivity contribution in [2.45, 2.75) is 25.7 Å². The molecule has 0 aliphatic carbocycles. The maximum Gasteiger partial charge on any atom is 0.261 e. The van der Waals surface area contributed by atoms with Crippen molar-refractivity contribution in [3.63, 3.8) is 0 Å². The van der Waals surface area contributed by atoms with Gasteiger partial charge in [0, 0.05) is 23.5 Å². The summed E-state index contributed by atoms with van der Waals surface area (Å²) < 4.78 is 18.8. The van der Waals surface area contributed by atoms with Gasteiger partial charge in [-0.2, -0.15) is 4.98 Å². The summed E-state index contributed by atoms with van der Waals surface area (Å²) in [6.45, 7) is 2.93. The van der Waals surface area contributed by atoms with E-state index in [0.717, 1.165) is 17.7 Å². The van der Waals surface area contributed by atoms with E-state index in [9.17, 15) is 14.0 Å². The van der Waals surface area contributed by atoms with Gasteiger partial charge < -0.3 is 14.7 Å². The second-order valence-electron chi connectivity index (χ2n) is 7.24. The van der Waals surface area contributed by atoms with Crippen molar-refractivity contribution >= 4 is 23.2 Å². The number of nitrogens with zero attached hydrogens (tertiary/aromatic N) is 3. The highest BCUT2D eigenvalue weighted by Gasteiger charge is 2.29. The first-order valence-electron chi connectivity index (χ1n) is 9.71. The van der Waals surface area contributed by atoms with Crippen molar-refractivity contribution in [3.8, 4) is 11.4 Å². The summed E-state index contributed by atoms with van der Waals surface area (Å²) in [7, 11) is 0. The Balaban J connectivity index is 1.36. The van der Waals surface area contributed by atoms with Crippen molar-refractivity contribution < 1.29 is 18.5 Å². The Kier molecular flexibility index (Phi) is 5.89. The average Bonchev–Trinajstić information content (AvgIpc) is 3.41. The highest BCUT2D eigenvalue weighted by Crippen LogP contribution is 2.27. The lowest BCUT2D eigenvalue weighted by Crippen LogP contribution is -2.44. The molecule has 0 radical (unpaired) electrons. The van der Waals surface area contributed by atoms with Crippen LogP contribution in [-0.4, -0.2) is 46.5 Å². The lowest BCUT2D eigenvalue weighted by Gasteiger charge is -2.31. The van der Waals surface area contributed by atoms with Gasteiger partial charge in [0.25, 0.3) is 5.91 Å². The number of hydrogen-bond donors (Lipinski definition) is 1. The molecule has 1 N–H and O–H groups in total. The molecule has 30 heavy (non-hydrogen) atoms. The van der Waals surface area contributed by atoms with E-state index in [2.05, 4.69) is 15.5 Å². The minimum atomic E-state index is -0.368. The Morgan fingerprint density at radius 2 is 2.20 bits per heavy atom. The van der Waals surface area contributed by atoms with Crippen molar-refractivity contribution in [1.29, 1.82) is 0 Å². The monoisotopic (exact) mass is 428 g/mol. The molecule has 0 spiro atoms. The molecule has 156 valence electrons. The van der Waals surface area contributed by atoms with Crippen LogP contribution in [0.25, 0.3) is 11.4 Å². The van der Waals surface area contributed by atoms with Gasteiger partial charge in [0.15, 0.2) is 0 Å². The molecular weight excluding hydrogens is 407 g/mol. The number of carbonyl (C=O) groups is 2. The molecule has 1 aliphatic rings. The number of aromatic nitrogens is 2. The largest absolute Gasteiger partial charge is 0.342 e. The third kappa shape index (κ3) is 4.56. The second-order valence-corrected chi connectivity index (χ2v) is 8.53. The fourth-order valence-electron chi connectivity index (χ4n) is 3.46. The van der Waals surface area contributed by atoms with Gasteiger partial charge in [-0.1, -0.05) is 17.3 Å². The number of nitrogens with one attached hydrogen (secondary N) is 1. The van der Waals surface area contributed by atoms with Crippen LogP contribution in [0.4, 0.5) is 4.39 Å². The average molecular weight is 428 g/mol. The van der Waals surface area contributed by atoms with Gasteiger partial charge in [-0.05, 0) is 44.0 Å². The van der Waals surface area contributed by atoms with E-state index in [-0.39, 0.29) is 30.1 Å². The SMILES string of the molecule is Cc1ccc(C(=O)NCC(=O)N2CCCC(c3nc(-c4cccc(F)c4)no3)C2)s1. The van der Waals surface area contributed by atoms with Crippen LogP contribution in [0.1, 0.15) is 39.2 Å². The van der Waals surface area contributed by atoms with Crippen molar-refractivity contribution in [2.75, 3.05) is 19.6 Å². The van der Waals surface area contributed by atoms with Crippen molar-refractivity contribution in [1.82, 2.24) is 20.4 Å². The Bertz CT molecular complexity index is 1060. The lowest BCUT2D eigenvalue weighted by molar-refractivity contribution is -0.131. The van der Waals surface area contributed by atoms with Crippen LogP contribution in [-0.2, 0) is 4.79 Å². The zero-order chi connectivity index (χ0) is 21.1. The van der Waals surface area contributed by atoms with Crippen molar-refractivity contribution in [3.05, 3.63) is 57.9 Å². The summed E-state index contributed by atoms with van der Waals surface area (Å²) in [5.74, 6) is -0.0876. The minimum absolute atomic E-state index is 0.0547. The molecule has 1 aliphatic heterocycles. The number of thiophene rings is 1. The quantitative estimate of drug-likeness (QED) is 0.673. The van der Waals surface area contributed by atoms with E-state index in [1.54, 1.807) is 23.1 Å². The summed E-state index contributed by atoms with van der Waals surface area (Å²) in [4.78, 5) is 32.5. The fraction of sp³-hybridized carbons (Fsp3) is 0.333. The number of amides is 2. The Morgan fingerprint density at radius 3 is 2.97 bits per heavy atom. The van der Waals surface area contributed by atoms with E-state index in [0.29, 0.717) is 35.2 Å². The van der Waals surface area contributed by atoms with E-state index < -0.39 is 0 Å². The number of piperidine rings is 1. The second kappa shape index (κ2) is 8.74. The van der Waals surface area contributed by atoms with E-state index in [4.69, 9.17) is 4.52 Å². The lowest BCUT2D eigenvalue weighted by atomic mass is 9.98. The number of benzene rings is 1.